The third kappa shape index (κ3) is 3.33. The van der Waals surface area contributed by atoms with Crippen LogP contribution in [-0.2, 0) is 10.2 Å². The Kier molecular flexibility index (Phi) is 4.64. The number of fused-ring (bicyclic) bond motifs is 1. The first kappa shape index (κ1) is 17.0. The van der Waals surface area contributed by atoms with Gasteiger partial charge >= 0.3 is 0 Å². The van der Waals surface area contributed by atoms with Crippen LogP contribution in [0, 0.1) is 5.41 Å². The highest BCUT2D eigenvalue weighted by Gasteiger charge is 2.38. The number of hydrogen-bond donors (Lipinski definition) is 3. The lowest BCUT2D eigenvalue weighted by atomic mass is 9.84. The number of hydrogen-bond acceptors (Lipinski definition) is 3. The Bertz CT molecular complexity index is 564. The van der Waals surface area contributed by atoms with Crippen molar-refractivity contribution in [2.45, 2.75) is 52.5 Å². The lowest BCUT2D eigenvalue weighted by Gasteiger charge is -2.27. The van der Waals surface area contributed by atoms with E-state index in [-0.39, 0.29) is 24.0 Å². The summed E-state index contributed by atoms with van der Waals surface area (Å²) < 4.78 is 0. The number of anilines is 1. The third-order valence-electron chi connectivity index (χ3n) is 4.71. The van der Waals surface area contributed by atoms with Gasteiger partial charge in [-0.3, -0.25) is 4.79 Å². The van der Waals surface area contributed by atoms with Crippen molar-refractivity contribution in [3.05, 3.63) is 29.3 Å². The molecule has 0 saturated carbocycles. The quantitative estimate of drug-likeness (QED) is 0.757. The molecule has 0 aliphatic carbocycles. The number of benzene rings is 1. The van der Waals surface area contributed by atoms with E-state index < -0.39 is 5.41 Å². The van der Waals surface area contributed by atoms with Crippen LogP contribution in [0.25, 0.3) is 0 Å². The Labute approximate surface area is 133 Å². The zero-order chi connectivity index (χ0) is 16.5. The third-order valence-corrected chi connectivity index (χ3v) is 4.71. The van der Waals surface area contributed by atoms with Crippen molar-refractivity contribution in [1.29, 1.82) is 0 Å². The minimum absolute atomic E-state index is 0.0596. The summed E-state index contributed by atoms with van der Waals surface area (Å²) in [5.41, 5.74) is 2.77. The van der Waals surface area contributed by atoms with Crippen LogP contribution in [-0.4, -0.2) is 24.2 Å². The van der Waals surface area contributed by atoms with Gasteiger partial charge in [0.2, 0.25) is 5.91 Å². The summed E-state index contributed by atoms with van der Waals surface area (Å²) in [7, 11) is 0. The summed E-state index contributed by atoms with van der Waals surface area (Å²) in [5, 5.41) is 15.6. The highest BCUT2D eigenvalue weighted by atomic mass is 16.3. The van der Waals surface area contributed by atoms with Crippen molar-refractivity contribution in [2.24, 2.45) is 5.41 Å². The zero-order valence-electron chi connectivity index (χ0n) is 14.3. The first-order chi connectivity index (χ1) is 10.2. The van der Waals surface area contributed by atoms with Crippen LogP contribution in [0.1, 0.15) is 58.2 Å². The summed E-state index contributed by atoms with van der Waals surface area (Å²) in [6.45, 7) is 11.4. The predicted molar refractivity (Wildman–Crippen MR) is 90.0 cm³/mol. The molecule has 4 nitrogen and oxygen atoms in total. The fourth-order valence-corrected chi connectivity index (χ4v) is 2.80. The van der Waals surface area contributed by atoms with Gasteiger partial charge in [-0.15, -0.1) is 0 Å². The van der Waals surface area contributed by atoms with E-state index in [2.05, 4.69) is 43.5 Å². The number of nitrogens with one attached hydrogen (secondary N) is 2. The van der Waals surface area contributed by atoms with Crippen LogP contribution < -0.4 is 10.6 Å². The average Bonchev–Trinajstić information content (AvgIpc) is 2.66. The molecule has 1 aliphatic heterocycles. The molecule has 0 saturated heterocycles. The number of rotatable bonds is 6. The molecule has 1 aliphatic rings. The highest BCUT2D eigenvalue weighted by Crippen LogP contribution is 2.38. The van der Waals surface area contributed by atoms with Gasteiger partial charge in [-0.2, -0.15) is 0 Å². The maximum Gasteiger partial charge on any atom is 0.234 e. The number of carbonyl (C=O) groups is 1. The van der Waals surface area contributed by atoms with E-state index in [1.54, 1.807) is 0 Å². The summed E-state index contributed by atoms with van der Waals surface area (Å²) in [6, 6.07) is 6.39. The fraction of sp³-hybridized carbons (Fsp3) is 0.611. The van der Waals surface area contributed by atoms with Crippen LogP contribution >= 0.6 is 0 Å². The number of carbonyl (C=O) groups excluding carboxylic acids is 1. The SMILES string of the molecule is CC(NCC(C)(C)CCO)c1ccc2c(c1)C(C)(C)C(=O)N2. The van der Waals surface area contributed by atoms with Crippen molar-refractivity contribution in [2.75, 3.05) is 18.5 Å². The second kappa shape index (κ2) is 6.01. The van der Waals surface area contributed by atoms with Gasteiger partial charge in [-0.25, -0.2) is 0 Å². The van der Waals surface area contributed by atoms with Gasteiger partial charge in [-0.05, 0) is 49.8 Å². The molecule has 1 aromatic carbocycles. The van der Waals surface area contributed by atoms with Gasteiger partial charge < -0.3 is 15.7 Å². The predicted octanol–water partition coefficient (Wildman–Crippen LogP) is 2.98. The lowest BCUT2D eigenvalue weighted by Crippen LogP contribution is -2.32. The van der Waals surface area contributed by atoms with Gasteiger partial charge in [0.15, 0.2) is 0 Å². The Hall–Kier alpha value is -1.39. The average molecular weight is 304 g/mol. The molecule has 4 heteroatoms. The molecule has 2 rings (SSSR count). The van der Waals surface area contributed by atoms with E-state index in [0.717, 1.165) is 24.2 Å². The molecule has 0 bridgehead atoms. The largest absolute Gasteiger partial charge is 0.396 e. The molecule has 22 heavy (non-hydrogen) atoms. The first-order valence-electron chi connectivity index (χ1n) is 7.97. The van der Waals surface area contributed by atoms with Gasteiger partial charge in [0.1, 0.15) is 0 Å². The normalized spacial score (nSPS) is 18.0. The number of amides is 1. The van der Waals surface area contributed by atoms with Gasteiger partial charge in [-0.1, -0.05) is 26.0 Å². The van der Waals surface area contributed by atoms with E-state index in [1.807, 2.05) is 19.9 Å². The Balaban J connectivity index is 2.11. The smallest absolute Gasteiger partial charge is 0.234 e. The molecule has 0 fully saturated rings. The van der Waals surface area contributed by atoms with E-state index >= 15 is 0 Å². The van der Waals surface area contributed by atoms with Gasteiger partial charge in [0.05, 0.1) is 5.41 Å². The van der Waals surface area contributed by atoms with E-state index in [9.17, 15) is 4.79 Å². The molecule has 1 amide bonds. The van der Waals surface area contributed by atoms with E-state index in [0.29, 0.717) is 0 Å². The zero-order valence-corrected chi connectivity index (χ0v) is 14.3. The molecule has 0 aromatic heterocycles. The van der Waals surface area contributed by atoms with E-state index in [1.165, 1.54) is 5.56 Å². The fourth-order valence-electron chi connectivity index (χ4n) is 2.80. The Morgan fingerprint density at radius 2 is 2.05 bits per heavy atom. The monoisotopic (exact) mass is 304 g/mol. The standard InChI is InChI=1S/C18H28N2O2/c1-12(19-11-17(2,3)8-9-21)13-6-7-15-14(10-13)18(4,5)16(22)20-15/h6-7,10,12,19,21H,8-9,11H2,1-5H3,(H,20,22). The van der Waals surface area contributed by atoms with Crippen LogP contribution in [0.2, 0.25) is 0 Å². The van der Waals surface area contributed by atoms with Crippen LogP contribution in [0.5, 0.6) is 0 Å². The molecule has 122 valence electrons. The lowest BCUT2D eigenvalue weighted by molar-refractivity contribution is -0.119. The van der Waals surface area contributed by atoms with Crippen molar-refractivity contribution in [1.82, 2.24) is 5.32 Å². The van der Waals surface area contributed by atoms with Crippen molar-refractivity contribution in [3.8, 4) is 0 Å². The minimum Gasteiger partial charge on any atom is -0.396 e. The molecule has 1 atom stereocenters. The molecule has 0 radical (unpaired) electrons. The highest BCUT2D eigenvalue weighted by molar-refractivity contribution is 6.05. The van der Waals surface area contributed by atoms with Crippen LogP contribution in [0.4, 0.5) is 5.69 Å². The van der Waals surface area contributed by atoms with Crippen molar-refractivity contribution >= 4 is 11.6 Å². The molecule has 3 N–H and O–H groups in total. The Morgan fingerprint density at radius 3 is 2.68 bits per heavy atom. The summed E-state index contributed by atoms with van der Waals surface area (Å²) in [5.74, 6) is 0.0596. The second-order valence-electron chi connectivity index (χ2n) is 7.62. The molecule has 1 aromatic rings. The first-order valence-corrected chi connectivity index (χ1v) is 7.97. The Morgan fingerprint density at radius 1 is 1.36 bits per heavy atom. The topological polar surface area (TPSA) is 61.4 Å². The van der Waals surface area contributed by atoms with Crippen LogP contribution in [0.3, 0.4) is 0 Å². The minimum atomic E-state index is -0.471. The second-order valence-corrected chi connectivity index (χ2v) is 7.62. The maximum atomic E-state index is 12.0. The molecular formula is C18H28N2O2. The summed E-state index contributed by atoms with van der Waals surface area (Å²) in [4.78, 5) is 12.0. The molecular weight excluding hydrogens is 276 g/mol. The van der Waals surface area contributed by atoms with E-state index in [4.69, 9.17) is 5.11 Å². The van der Waals surface area contributed by atoms with Gasteiger partial charge in [0, 0.05) is 24.9 Å². The number of aliphatic hydroxyl groups is 1. The number of aliphatic hydroxyl groups excluding tert-OH is 1. The molecule has 1 unspecified atom stereocenters. The molecule has 1 heterocycles. The molecule has 0 spiro atoms. The van der Waals surface area contributed by atoms with Gasteiger partial charge in [0.25, 0.3) is 0 Å². The summed E-state index contributed by atoms with van der Waals surface area (Å²) in [6.07, 6.45) is 0.780. The van der Waals surface area contributed by atoms with Crippen LogP contribution in [0.15, 0.2) is 18.2 Å². The van der Waals surface area contributed by atoms with Crippen molar-refractivity contribution < 1.29 is 9.90 Å². The summed E-state index contributed by atoms with van der Waals surface area (Å²) >= 11 is 0. The maximum absolute atomic E-state index is 12.0. The van der Waals surface area contributed by atoms with Crippen molar-refractivity contribution in [3.63, 3.8) is 0 Å².